The van der Waals surface area contributed by atoms with Crippen molar-refractivity contribution in [3.05, 3.63) is 31.2 Å². The smallest absolute Gasteiger partial charge is 0.0643 e. The summed E-state index contributed by atoms with van der Waals surface area (Å²) in [7, 11) is 4.04. The lowest BCUT2D eigenvalue weighted by Crippen LogP contribution is -2.14. The van der Waals surface area contributed by atoms with Crippen LogP contribution in [0.25, 0.3) is 0 Å². The minimum Gasteiger partial charge on any atom is -0.330 e. The van der Waals surface area contributed by atoms with Crippen LogP contribution < -0.4 is 5.73 Å². The Morgan fingerprint density at radius 3 is 1.63 bits per heavy atom. The molecule has 2 nitrogen and oxygen atoms in total. The molecule has 19 heavy (non-hydrogen) atoms. The Morgan fingerprint density at radius 2 is 1.26 bits per heavy atom. The number of nitrogens with two attached hydrogens (primary N) is 1. The molecule has 0 saturated carbocycles. The molecule has 1 aromatic carbocycles. The van der Waals surface area contributed by atoms with Gasteiger partial charge in [-0.2, -0.15) is 0 Å². The average molecular weight is 344 g/mol. The van der Waals surface area contributed by atoms with Crippen molar-refractivity contribution in [1.82, 2.24) is 4.90 Å². The van der Waals surface area contributed by atoms with Gasteiger partial charge >= 0.3 is 0 Å². The quantitative estimate of drug-likeness (QED) is 0.780. The van der Waals surface area contributed by atoms with Crippen molar-refractivity contribution in [1.29, 1.82) is 0 Å². The predicted molar refractivity (Wildman–Crippen MR) is 86.1 cm³/mol. The molecular formula is C13H18Cl4N2. The summed E-state index contributed by atoms with van der Waals surface area (Å²) in [5.41, 5.74) is 7.09. The molecule has 0 spiro atoms. The summed E-state index contributed by atoms with van der Waals surface area (Å²) >= 11 is 25.1. The second-order valence-corrected chi connectivity index (χ2v) is 6.17. The van der Waals surface area contributed by atoms with Crippen molar-refractivity contribution in [2.45, 2.75) is 19.3 Å². The van der Waals surface area contributed by atoms with Crippen molar-refractivity contribution in [2.75, 3.05) is 27.2 Å². The Kier molecular flexibility index (Phi) is 7.23. The lowest BCUT2D eigenvalue weighted by Gasteiger charge is -2.16. The van der Waals surface area contributed by atoms with E-state index in [2.05, 4.69) is 4.90 Å². The second-order valence-electron chi connectivity index (χ2n) is 4.66. The highest BCUT2D eigenvalue weighted by molar-refractivity contribution is 6.48. The molecule has 0 aromatic heterocycles. The van der Waals surface area contributed by atoms with Gasteiger partial charge in [0.25, 0.3) is 0 Å². The molecule has 1 rings (SSSR count). The van der Waals surface area contributed by atoms with Crippen LogP contribution in [0, 0.1) is 0 Å². The summed E-state index contributed by atoms with van der Waals surface area (Å²) in [4.78, 5) is 2.10. The molecule has 108 valence electrons. The highest BCUT2D eigenvalue weighted by Gasteiger charge is 2.19. The van der Waals surface area contributed by atoms with Crippen molar-refractivity contribution >= 4 is 46.4 Å². The fraction of sp³-hybridized carbons (Fsp3) is 0.538. The summed E-state index contributed by atoms with van der Waals surface area (Å²) in [5, 5.41) is 1.94. The maximum atomic E-state index is 6.30. The van der Waals surface area contributed by atoms with Crippen LogP contribution >= 0.6 is 46.4 Å². The number of rotatable bonds is 6. The van der Waals surface area contributed by atoms with Crippen molar-refractivity contribution in [3.8, 4) is 0 Å². The van der Waals surface area contributed by atoms with Crippen LogP contribution in [0.1, 0.15) is 17.5 Å². The maximum Gasteiger partial charge on any atom is 0.0643 e. The lowest BCUT2D eigenvalue weighted by molar-refractivity contribution is 0.400. The van der Waals surface area contributed by atoms with Gasteiger partial charge in [0, 0.05) is 0 Å². The van der Waals surface area contributed by atoms with Crippen molar-refractivity contribution < 1.29 is 0 Å². The van der Waals surface area contributed by atoms with Crippen LogP contribution in [-0.2, 0) is 12.8 Å². The van der Waals surface area contributed by atoms with E-state index in [-0.39, 0.29) is 0 Å². The van der Waals surface area contributed by atoms with E-state index < -0.39 is 0 Å². The zero-order chi connectivity index (χ0) is 14.6. The van der Waals surface area contributed by atoms with E-state index in [1.165, 1.54) is 0 Å². The van der Waals surface area contributed by atoms with E-state index in [4.69, 9.17) is 52.1 Å². The van der Waals surface area contributed by atoms with Gasteiger partial charge in [-0.15, -0.1) is 0 Å². The normalized spacial score (nSPS) is 11.4. The predicted octanol–water partition coefficient (Wildman–Crippen LogP) is 4.30. The molecule has 0 aliphatic heterocycles. The molecule has 0 saturated heterocycles. The van der Waals surface area contributed by atoms with Crippen LogP contribution in [0.15, 0.2) is 0 Å². The Labute approximate surface area is 134 Å². The Bertz CT molecular complexity index is 418. The molecule has 0 bridgehead atoms. The average Bonchev–Trinajstić information content (AvgIpc) is 2.36. The largest absolute Gasteiger partial charge is 0.330 e. The molecule has 0 radical (unpaired) electrons. The first-order valence-electron chi connectivity index (χ1n) is 6.08. The van der Waals surface area contributed by atoms with Gasteiger partial charge in [0.2, 0.25) is 0 Å². The fourth-order valence-corrected chi connectivity index (χ4v) is 3.19. The fourth-order valence-electron chi connectivity index (χ4n) is 1.88. The van der Waals surface area contributed by atoms with Gasteiger partial charge in [0.1, 0.15) is 0 Å². The first-order valence-corrected chi connectivity index (χ1v) is 7.59. The number of hydrogen-bond acceptors (Lipinski definition) is 2. The molecule has 1 aromatic rings. The zero-order valence-electron chi connectivity index (χ0n) is 11.1. The monoisotopic (exact) mass is 342 g/mol. The molecular weight excluding hydrogens is 326 g/mol. The van der Waals surface area contributed by atoms with Gasteiger partial charge < -0.3 is 10.6 Å². The summed E-state index contributed by atoms with van der Waals surface area (Å²) in [6.45, 7) is 1.40. The van der Waals surface area contributed by atoms with Gasteiger partial charge in [-0.3, -0.25) is 0 Å². The van der Waals surface area contributed by atoms with E-state index in [1.54, 1.807) is 0 Å². The maximum absolute atomic E-state index is 6.30. The molecule has 2 N–H and O–H groups in total. The van der Waals surface area contributed by atoms with Gasteiger partial charge in [-0.05, 0) is 57.6 Å². The van der Waals surface area contributed by atoms with Gasteiger partial charge in [0.05, 0.1) is 20.1 Å². The Hall–Kier alpha value is 0.300. The summed E-state index contributed by atoms with van der Waals surface area (Å²) in [6, 6.07) is 0. The van der Waals surface area contributed by atoms with E-state index in [1.807, 2.05) is 14.1 Å². The second kappa shape index (κ2) is 7.92. The lowest BCUT2D eigenvalue weighted by atomic mass is 10.0. The molecule has 0 fully saturated rings. The third-order valence-electron chi connectivity index (χ3n) is 2.87. The number of halogens is 4. The molecule has 0 aliphatic rings. The van der Waals surface area contributed by atoms with E-state index in [0.29, 0.717) is 33.1 Å². The van der Waals surface area contributed by atoms with Crippen LogP contribution in [0.4, 0.5) is 0 Å². The molecule has 0 heterocycles. The molecule has 0 atom stereocenters. The minimum atomic E-state index is 0.450. The highest BCUT2D eigenvalue weighted by atomic mass is 35.5. The van der Waals surface area contributed by atoms with Crippen molar-refractivity contribution in [2.24, 2.45) is 5.73 Å². The Balaban J connectivity index is 3.06. The van der Waals surface area contributed by atoms with Crippen LogP contribution in [0.3, 0.4) is 0 Å². The van der Waals surface area contributed by atoms with Gasteiger partial charge in [0.15, 0.2) is 0 Å². The van der Waals surface area contributed by atoms with Crippen LogP contribution in [0.2, 0.25) is 20.1 Å². The summed E-state index contributed by atoms with van der Waals surface area (Å²) in [5.74, 6) is 0. The molecule has 0 amide bonds. The van der Waals surface area contributed by atoms with Crippen molar-refractivity contribution in [3.63, 3.8) is 0 Å². The minimum absolute atomic E-state index is 0.450. The Morgan fingerprint density at radius 1 is 0.842 bits per heavy atom. The SMILES string of the molecule is CN(C)CCCc1c(Cl)c(Cl)c(CCN)c(Cl)c1Cl. The van der Waals surface area contributed by atoms with Gasteiger partial charge in [-0.1, -0.05) is 46.4 Å². The number of hydrogen-bond donors (Lipinski definition) is 1. The summed E-state index contributed by atoms with van der Waals surface area (Å²) in [6.07, 6.45) is 2.25. The first-order chi connectivity index (χ1) is 8.90. The number of benzene rings is 1. The third kappa shape index (κ3) is 4.38. The van der Waals surface area contributed by atoms with E-state index >= 15 is 0 Å². The first kappa shape index (κ1) is 17.4. The molecule has 0 unspecified atom stereocenters. The van der Waals surface area contributed by atoms with Crippen LogP contribution in [-0.4, -0.2) is 32.1 Å². The molecule has 6 heteroatoms. The van der Waals surface area contributed by atoms with E-state index in [9.17, 15) is 0 Å². The van der Waals surface area contributed by atoms with Crippen LogP contribution in [0.5, 0.6) is 0 Å². The third-order valence-corrected chi connectivity index (χ3v) is 4.73. The number of nitrogens with zero attached hydrogens (tertiary/aromatic N) is 1. The van der Waals surface area contributed by atoms with Gasteiger partial charge in [-0.25, -0.2) is 0 Å². The standard InChI is InChI=1S/C13H18Cl4N2/c1-19(2)7-3-4-8-10(14)12(16)9(5-6-18)13(17)11(8)15/h3-7,18H2,1-2H3. The highest BCUT2D eigenvalue weighted by Crippen LogP contribution is 2.41. The zero-order valence-corrected chi connectivity index (χ0v) is 14.1. The molecule has 0 aliphatic carbocycles. The topological polar surface area (TPSA) is 29.3 Å². The van der Waals surface area contributed by atoms with E-state index in [0.717, 1.165) is 30.5 Å². The summed E-state index contributed by atoms with van der Waals surface area (Å²) < 4.78 is 0.